The monoisotopic (exact) mass is 530 g/mol. The summed E-state index contributed by atoms with van der Waals surface area (Å²) in [6, 6.07) is 20.1. The van der Waals surface area contributed by atoms with Crippen LogP contribution in [-0.4, -0.2) is 41.4 Å². The Morgan fingerprint density at radius 2 is 1.74 bits per heavy atom. The van der Waals surface area contributed by atoms with E-state index in [0.29, 0.717) is 24.0 Å². The highest BCUT2D eigenvalue weighted by molar-refractivity contribution is 9.10. The van der Waals surface area contributed by atoms with Gasteiger partial charge in [0.15, 0.2) is 0 Å². The van der Waals surface area contributed by atoms with Gasteiger partial charge in [-0.1, -0.05) is 36.4 Å². The van der Waals surface area contributed by atoms with E-state index in [1.165, 1.54) is 11.5 Å². The first-order valence-corrected chi connectivity index (χ1v) is 11.9. The van der Waals surface area contributed by atoms with Crippen molar-refractivity contribution in [3.05, 3.63) is 89.0 Å². The molecule has 0 aliphatic carbocycles. The molecule has 35 heavy (non-hydrogen) atoms. The number of aromatic nitrogens is 2. The molecular weight excluding hydrogens is 504 g/mol. The number of aryl methyl sites for hydroxylation is 1. The molecule has 0 bridgehead atoms. The minimum atomic E-state index is -0.176. The molecule has 8 heteroatoms. The van der Waals surface area contributed by atoms with Crippen LogP contribution in [0.4, 0.5) is 28.8 Å². The lowest BCUT2D eigenvalue weighted by Crippen LogP contribution is -2.13. The van der Waals surface area contributed by atoms with Crippen LogP contribution in [0.2, 0.25) is 0 Å². The maximum Gasteiger partial charge on any atom is 0.248 e. The van der Waals surface area contributed by atoms with Crippen molar-refractivity contribution >= 4 is 61.4 Å². The number of nitrogens with zero attached hydrogens (tertiary/aromatic N) is 3. The second kappa shape index (κ2) is 11.1. The van der Waals surface area contributed by atoms with Crippen LogP contribution in [0.25, 0.3) is 10.8 Å². The predicted octanol–water partition coefficient (Wildman–Crippen LogP) is 6.24. The smallest absolute Gasteiger partial charge is 0.248 e. The van der Waals surface area contributed by atoms with E-state index in [-0.39, 0.29) is 5.91 Å². The molecule has 0 aliphatic heterocycles. The summed E-state index contributed by atoms with van der Waals surface area (Å²) in [5, 5.41) is 11.8. The maximum atomic E-state index is 12.2. The van der Waals surface area contributed by atoms with E-state index in [1.807, 2.05) is 68.4 Å². The van der Waals surface area contributed by atoms with Gasteiger partial charge in [-0.15, -0.1) is 0 Å². The normalized spacial score (nSPS) is 11.2. The first-order valence-electron chi connectivity index (χ1n) is 11.1. The van der Waals surface area contributed by atoms with Gasteiger partial charge < -0.3 is 20.9 Å². The summed E-state index contributed by atoms with van der Waals surface area (Å²) >= 11 is 3.53. The number of benzene rings is 3. The minimum Gasteiger partial charge on any atom is -0.339 e. The first-order chi connectivity index (χ1) is 16.9. The molecule has 1 aromatic heterocycles. The Morgan fingerprint density at radius 3 is 2.54 bits per heavy atom. The van der Waals surface area contributed by atoms with Gasteiger partial charge in [0.25, 0.3) is 0 Å². The molecule has 0 saturated heterocycles. The third-order valence-corrected chi connectivity index (χ3v) is 5.68. The Morgan fingerprint density at radius 1 is 0.971 bits per heavy atom. The van der Waals surface area contributed by atoms with Gasteiger partial charge in [0.1, 0.15) is 5.82 Å². The average molecular weight is 531 g/mol. The topological polar surface area (TPSA) is 82.2 Å². The molecule has 7 nitrogen and oxygen atoms in total. The fraction of sp³-hybridized carbons (Fsp3) is 0.148. The quantitative estimate of drug-likeness (QED) is 0.234. The van der Waals surface area contributed by atoms with E-state index in [4.69, 9.17) is 0 Å². The maximum absolute atomic E-state index is 12.2. The number of carbonyl (C=O) groups excluding carboxylic acids is 1. The number of anilines is 5. The van der Waals surface area contributed by atoms with Gasteiger partial charge in [-0.3, -0.25) is 4.79 Å². The van der Waals surface area contributed by atoms with Gasteiger partial charge in [-0.05, 0) is 83.6 Å². The summed E-state index contributed by atoms with van der Waals surface area (Å²) < 4.78 is 0.748. The van der Waals surface area contributed by atoms with Gasteiger partial charge in [0, 0.05) is 35.9 Å². The number of hydrogen-bond donors (Lipinski definition) is 3. The molecule has 1 amide bonds. The average Bonchev–Trinajstić information content (AvgIpc) is 2.80. The van der Waals surface area contributed by atoms with Crippen LogP contribution in [0.15, 0.2) is 83.5 Å². The number of likely N-dealkylation sites (N-methyl/N-ethyl adjacent to an activating group) is 1. The van der Waals surface area contributed by atoms with Gasteiger partial charge in [-0.25, -0.2) is 4.98 Å². The van der Waals surface area contributed by atoms with Crippen molar-refractivity contribution in [2.75, 3.05) is 36.6 Å². The molecule has 3 aromatic carbocycles. The van der Waals surface area contributed by atoms with E-state index in [9.17, 15) is 4.79 Å². The lowest BCUT2D eigenvalue weighted by atomic mass is 10.1. The Bertz CT molecular complexity index is 1390. The van der Waals surface area contributed by atoms with E-state index < -0.39 is 0 Å². The molecule has 0 aliphatic rings. The van der Waals surface area contributed by atoms with E-state index in [0.717, 1.165) is 26.8 Å². The molecule has 0 atom stereocenters. The molecule has 1 heterocycles. The fourth-order valence-corrected chi connectivity index (χ4v) is 3.82. The fourth-order valence-electron chi connectivity index (χ4n) is 3.53. The Kier molecular flexibility index (Phi) is 7.74. The summed E-state index contributed by atoms with van der Waals surface area (Å²) in [6.45, 7) is 2.67. The molecule has 0 radical (unpaired) electrons. The van der Waals surface area contributed by atoms with Crippen LogP contribution in [-0.2, 0) is 4.79 Å². The Balaban J connectivity index is 1.49. The zero-order valence-corrected chi connectivity index (χ0v) is 21.4. The summed E-state index contributed by atoms with van der Waals surface area (Å²) in [7, 11) is 3.90. The second-order valence-electron chi connectivity index (χ2n) is 8.44. The third-order valence-electron chi connectivity index (χ3n) is 5.10. The van der Waals surface area contributed by atoms with Crippen LogP contribution < -0.4 is 16.0 Å². The highest BCUT2D eigenvalue weighted by atomic mass is 79.9. The SMILES string of the molecule is Cc1cc(NC(=O)/C=C/CN(C)C)cc(Nc2ncc(Br)c(Nc3ccc4ccccc4c3)n2)c1. The molecule has 0 fully saturated rings. The van der Waals surface area contributed by atoms with Gasteiger partial charge in [0.2, 0.25) is 11.9 Å². The number of amides is 1. The number of nitrogens with one attached hydrogen (secondary N) is 3. The Hall–Kier alpha value is -3.75. The first kappa shape index (κ1) is 24.4. The third kappa shape index (κ3) is 6.88. The molecule has 0 unspecified atom stereocenters. The predicted molar refractivity (Wildman–Crippen MR) is 148 cm³/mol. The number of halogens is 1. The van der Waals surface area contributed by atoms with Crippen molar-refractivity contribution in [2.24, 2.45) is 0 Å². The minimum absolute atomic E-state index is 0.176. The Labute approximate surface area is 213 Å². The van der Waals surface area contributed by atoms with Crippen LogP contribution >= 0.6 is 15.9 Å². The lowest BCUT2D eigenvalue weighted by molar-refractivity contribution is -0.111. The number of fused-ring (bicyclic) bond motifs is 1. The van der Waals surface area contributed by atoms with Gasteiger partial charge >= 0.3 is 0 Å². The van der Waals surface area contributed by atoms with E-state index >= 15 is 0 Å². The van der Waals surface area contributed by atoms with E-state index in [2.05, 4.69) is 66.1 Å². The second-order valence-corrected chi connectivity index (χ2v) is 9.30. The molecule has 0 spiro atoms. The summed E-state index contributed by atoms with van der Waals surface area (Å²) in [5.74, 6) is 0.903. The highest BCUT2D eigenvalue weighted by Gasteiger charge is 2.08. The largest absolute Gasteiger partial charge is 0.339 e. The van der Waals surface area contributed by atoms with Crippen molar-refractivity contribution in [3.63, 3.8) is 0 Å². The van der Waals surface area contributed by atoms with Crippen molar-refractivity contribution in [2.45, 2.75) is 6.92 Å². The molecular formula is C27H27BrN6O. The molecule has 3 N–H and O–H groups in total. The van der Waals surface area contributed by atoms with Crippen molar-refractivity contribution in [1.82, 2.24) is 14.9 Å². The standard InChI is InChI=1S/C27H27BrN6O/c1-18-13-22(30-25(35)9-6-12-34(2)3)16-23(14-18)32-27-29-17-24(28)26(33-27)31-21-11-10-19-7-4-5-8-20(19)15-21/h4-11,13-17H,12H2,1-3H3,(H,30,35)(H2,29,31,32,33)/b9-6+. The molecule has 178 valence electrons. The van der Waals surface area contributed by atoms with Crippen LogP contribution in [0, 0.1) is 6.92 Å². The van der Waals surface area contributed by atoms with Gasteiger partial charge in [-0.2, -0.15) is 4.98 Å². The zero-order chi connectivity index (χ0) is 24.8. The number of hydrogen-bond acceptors (Lipinski definition) is 6. The van der Waals surface area contributed by atoms with Gasteiger partial charge in [0.05, 0.1) is 4.47 Å². The number of carbonyl (C=O) groups is 1. The molecule has 0 saturated carbocycles. The summed E-state index contributed by atoms with van der Waals surface area (Å²) in [5.41, 5.74) is 3.39. The van der Waals surface area contributed by atoms with Crippen molar-refractivity contribution in [1.29, 1.82) is 0 Å². The summed E-state index contributed by atoms with van der Waals surface area (Å²) in [6.07, 6.45) is 5.06. The summed E-state index contributed by atoms with van der Waals surface area (Å²) in [4.78, 5) is 23.3. The van der Waals surface area contributed by atoms with Crippen LogP contribution in [0.3, 0.4) is 0 Å². The van der Waals surface area contributed by atoms with Crippen LogP contribution in [0.1, 0.15) is 5.56 Å². The molecule has 4 aromatic rings. The van der Waals surface area contributed by atoms with Crippen molar-refractivity contribution < 1.29 is 4.79 Å². The van der Waals surface area contributed by atoms with Crippen LogP contribution in [0.5, 0.6) is 0 Å². The number of rotatable bonds is 8. The zero-order valence-electron chi connectivity index (χ0n) is 19.8. The van der Waals surface area contributed by atoms with E-state index in [1.54, 1.807) is 6.20 Å². The molecule has 4 rings (SSSR count). The highest BCUT2D eigenvalue weighted by Crippen LogP contribution is 2.28. The van der Waals surface area contributed by atoms with Crippen molar-refractivity contribution in [3.8, 4) is 0 Å². The lowest BCUT2D eigenvalue weighted by Gasteiger charge is -2.12.